The summed E-state index contributed by atoms with van der Waals surface area (Å²) in [7, 11) is 0. The molecule has 0 N–H and O–H groups in total. The normalized spacial score (nSPS) is 10.9. The van der Waals surface area contributed by atoms with Gasteiger partial charge in [-0.25, -0.2) is 0 Å². The van der Waals surface area contributed by atoms with Crippen molar-refractivity contribution in [3.05, 3.63) is 58.2 Å². The van der Waals surface area contributed by atoms with Gasteiger partial charge in [-0.3, -0.25) is 0 Å². The Morgan fingerprint density at radius 2 is 1.76 bits per heavy atom. The Morgan fingerprint density at radius 3 is 2.53 bits per heavy atom. The average molecular weight is 308 g/mol. The number of rotatable bonds is 1. The van der Waals surface area contributed by atoms with Gasteiger partial charge in [-0.05, 0) is 35.9 Å². The number of fused-ring (bicyclic) bond motifs is 1. The van der Waals surface area contributed by atoms with Crippen molar-refractivity contribution in [2.75, 3.05) is 0 Å². The van der Waals surface area contributed by atoms with Crippen LogP contribution in [-0.4, -0.2) is 0 Å². The molecule has 3 heteroatoms. The van der Waals surface area contributed by atoms with Crippen LogP contribution in [0.3, 0.4) is 0 Å². The smallest absolute Gasteiger partial charge is 0.134 e. The Hall–Kier alpha value is -1.25. The number of halogens is 2. The van der Waals surface area contributed by atoms with Crippen molar-refractivity contribution >= 4 is 38.5 Å². The van der Waals surface area contributed by atoms with E-state index in [1.165, 1.54) is 0 Å². The molecule has 17 heavy (non-hydrogen) atoms. The lowest BCUT2D eigenvalue weighted by Crippen LogP contribution is -1.75. The van der Waals surface area contributed by atoms with E-state index in [4.69, 9.17) is 16.0 Å². The fourth-order valence-electron chi connectivity index (χ4n) is 1.85. The lowest BCUT2D eigenvalue weighted by molar-refractivity contribution is 0.617. The van der Waals surface area contributed by atoms with Gasteiger partial charge in [-0.1, -0.05) is 39.7 Å². The lowest BCUT2D eigenvalue weighted by atomic mass is 10.1. The predicted octanol–water partition coefficient (Wildman–Crippen LogP) is 5.52. The minimum Gasteiger partial charge on any atom is -0.464 e. The van der Waals surface area contributed by atoms with E-state index in [0.717, 1.165) is 31.6 Å². The van der Waals surface area contributed by atoms with Crippen LogP contribution in [0.4, 0.5) is 0 Å². The minimum atomic E-state index is 0.739. The highest BCUT2D eigenvalue weighted by Gasteiger charge is 2.08. The van der Waals surface area contributed by atoms with E-state index in [-0.39, 0.29) is 0 Å². The summed E-state index contributed by atoms with van der Waals surface area (Å²) in [5.74, 6) is 0. The van der Waals surface area contributed by atoms with Crippen LogP contribution in [0.2, 0.25) is 5.02 Å². The molecule has 0 saturated heterocycles. The van der Waals surface area contributed by atoms with Gasteiger partial charge in [-0.2, -0.15) is 0 Å². The maximum absolute atomic E-state index is 5.89. The van der Waals surface area contributed by atoms with Gasteiger partial charge >= 0.3 is 0 Å². The van der Waals surface area contributed by atoms with Crippen molar-refractivity contribution in [1.82, 2.24) is 0 Å². The van der Waals surface area contributed by atoms with E-state index >= 15 is 0 Å². The van der Waals surface area contributed by atoms with Gasteiger partial charge < -0.3 is 4.42 Å². The third kappa shape index (κ3) is 1.99. The summed E-state index contributed by atoms with van der Waals surface area (Å²) < 4.78 is 6.58. The highest BCUT2D eigenvalue weighted by molar-refractivity contribution is 9.10. The summed E-state index contributed by atoms with van der Waals surface area (Å²) in [5, 5.41) is 1.84. The molecule has 0 atom stereocenters. The van der Waals surface area contributed by atoms with Crippen LogP contribution in [0.5, 0.6) is 0 Å². The van der Waals surface area contributed by atoms with E-state index in [0.29, 0.717) is 0 Å². The zero-order valence-corrected chi connectivity index (χ0v) is 11.1. The second kappa shape index (κ2) is 4.21. The Kier molecular flexibility index (Phi) is 2.69. The van der Waals surface area contributed by atoms with Crippen LogP contribution in [0.25, 0.3) is 22.1 Å². The first-order chi connectivity index (χ1) is 8.24. The van der Waals surface area contributed by atoms with Crippen LogP contribution in [0.1, 0.15) is 0 Å². The molecule has 0 spiro atoms. The molecule has 0 amide bonds. The van der Waals surface area contributed by atoms with Crippen molar-refractivity contribution in [2.24, 2.45) is 0 Å². The molecule has 0 aliphatic heterocycles. The van der Waals surface area contributed by atoms with Crippen molar-refractivity contribution in [3.63, 3.8) is 0 Å². The molecule has 0 radical (unpaired) electrons. The molecule has 0 saturated carbocycles. The molecule has 3 rings (SSSR count). The Labute approximate surface area is 112 Å². The maximum Gasteiger partial charge on any atom is 0.134 e. The Bertz CT molecular complexity index is 670. The summed E-state index contributed by atoms with van der Waals surface area (Å²) >= 11 is 9.36. The zero-order chi connectivity index (χ0) is 11.8. The number of hydrogen-bond acceptors (Lipinski definition) is 1. The van der Waals surface area contributed by atoms with E-state index in [2.05, 4.69) is 22.0 Å². The SMILES string of the molecule is Clc1ccc(-c2coc3ccc(Br)cc23)cc1. The molecular formula is C14H8BrClO. The molecule has 3 aromatic rings. The largest absolute Gasteiger partial charge is 0.464 e. The van der Waals surface area contributed by atoms with Crippen LogP contribution in [0, 0.1) is 0 Å². The summed E-state index contributed by atoms with van der Waals surface area (Å²) in [6, 6.07) is 13.7. The van der Waals surface area contributed by atoms with Crippen molar-refractivity contribution in [1.29, 1.82) is 0 Å². The molecule has 0 bridgehead atoms. The standard InChI is InChI=1S/C14H8BrClO/c15-10-3-6-14-12(7-10)13(8-17-14)9-1-4-11(16)5-2-9/h1-8H. The van der Waals surface area contributed by atoms with Crippen LogP contribution in [0.15, 0.2) is 57.6 Å². The molecule has 1 heterocycles. The van der Waals surface area contributed by atoms with E-state index < -0.39 is 0 Å². The minimum absolute atomic E-state index is 0.739. The number of hydrogen-bond donors (Lipinski definition) is 0. The van der Waals surface area contributed by atoms with Gasteiger partial charge in [0.2, 0.25) is 0 Å². The number of furan rings is 1. The molecule has 0 aliphatic rings. The summed E-state index contributed by atoms with van der Waals surface area (Å²) in [6.45, 7) is 0. The first-order valence-corrected chi connectivity index (χ1v) is 6.34. The van der Waals surface area contributed by atoms with Gasteiger partial charge in [0.1, 0.15) is 5.58 Å². The topological polar surface area (TPSA) is 13.1 Å². The molecule has 0 unspecified atom stereocenters. The van der Waals surface area contributed by atoms with Crippen molar-refractivity contribution < 1.29 is 4.42 Å². The van der Waals surface area contributed by atoms with Crippen molar-refractivity contribution in [2.45, 2.75) is 0 Å². The quantitative estimate of drug-likeness (QED) is 0.577. The first kappa shape index (κ1) is 10.9. The van der Waals surface area contributed by atoms with Gasteiger partial charge in [0, 0.05) is 20.4 Å². The first-order valence-electron chi connectivity index (χ1n) is 5.17. The second-order valence-corrected chi connectivity index (χ2v) is 5.15. The summed E-state index contributed by atoms with van der Waals surface area (Å²) in [5.41, 5.74) is 3.07. The number of benzene rings is 2. The fraction of sp³-hybridized carbons (Fsp3) is 0. The molecule has 0 aliphatic carbocycles. The third-order valence-corrected chi connectivity index (χ3v) is 3.44. The van der Waals surface area contributed by atoms with E-state index in [1.54, 1.807) is 6.26 Å². The lowest BCUT2D eigenvalue weighted by Gasteiger charge is -1.99. The summed E-state index contributed by atoms with van der Waals surface area (Å²) in [6.07, 6.45) is 1.78. The zero-order valence-electron chi connectivity index (χ0n) is 8.78. The maximum atomic E-state index is 5.89. The Balaban J connectivity index is 2.23. The van der Waals surface area contributed by atoms with Gasteiger partial charge in [0.25, 0.3) is 0 Å². The summed E-state index contributed by atoms with van der Waals surface area (Å²) in [4.78, 5) is 0. The molecule has 1 aromatic heterocycles. The Morgan fingerprint density at radius 1 is 1.00 bits per heavy atom. The second-order valence-electron chi connectivity index (χ2n) is 3.80. The highest BCUT2D eigenvalue weighted by Crippen LogP contribution is 2.32. The molecular weight excluding hydrogens is 300 g/mol. The van der Waals surface area contributed by atoms with Crippen molar-refractivity contribution in [3.8, 4) is 11.1 Å². The predicted molar refractivity (Wildman–Crippen MR) is 74.4 cm³/mol. The average Bonchev–Trinajstić information content (AvgIpc) is 2.73. The van der Waals surface area contributed by atoms with Crippen LogP contribution >= 0.6 is 27.5 Å². The molecule has 2 aromatic carbocycles. The monoisotopic (exact) mass is 306 g/mol. The van der Waals surface area contributed by atoms with Gasteiger partial charge in [-0.15, -0.1) is 0 Å². The van der Waals surface area contributed by atoms with Crippen LogP contribution < -0.4 is 0 Å². The molecule has 84 valence electrons. The molecule has 1 nitrogen and oxygen atoms in total. The van der Waals surface area contributed by atoms with Gasteiger partial charge in [0.05, 0.1) is 6.26 Å². The highest BCUT2D eigenvalue weighted by atomic mass is 79.9. The molecule has 0 fully saturated rings. The van der Waals surface area contributed by atoms with Gasteiger partial charge in [0.15, 0.2) is 0 Å². The van der Waals surface area contributed by atoms with E-state index in [1.807, 2.05) is 36.4 Å². The third-order valence-electron chi connectivity index (χ3n) is 2.69. The van der Waals surface area contributed by atoms with E-state index in [9.17, 15) is 0 Å². The van der Waals surface area contributed by atoms with Crippen LogP contribution in [-0.2, 0) is 0 Å². The fourth-order valence-corrected chi connectivity index (χ4v) is 2.34.